The van der Waals surface area contributed by atoms with Crippen molar-refractivity contribution < 1.29 is 14.0 Å². The van der Waals surface area contributed by atoms with Crippen LogP contribution in [0.2, 0.25) is 0 Å². The number of hydrogen-bond acceptors (Lipinski definition) is 5. The van der Waals surface area contributed by atoms with E-state index in [0.29, 0.717) is 11.0 Å². The third-order valence-electron chi connectivity index (χ3n) is 3.93. The normalized spacial score (nSPS) is 17.1. The zero-order chi connectivity index (χ0) is 18.1. The van der Waals surface area contributed by atoms with Crippen LogP contribution >= 0.6 is 11.8 Å². The number of thioether (sulfide) groups is 1. The van der Waals surface area contributed by atoms with E-state index in [4.69, 9.17) is 0 Å². The first-order valence-corrected chi connectivity index (χ1v) is 8.76. The van der Waals surface area contributed by atoms with Gasteiger partial charge in [-0.3, -0.25) is 14.7 Å². The van der Waals surface area contributed by atoms with Crippen LogP contribution < -0.4 is 4.90 Å². The Morgan fingerprint density at radius 3 is 2.69 bits per heavy atom. The molecule has 1 saturated heterocycles. The number of H-pyrrole nitrogens is 1. The molecule has 3 aromatic rings. The molecule has 1 atom stereocenters. The van der Waals surface area contributed by atoms with Crippen molar-refractivity contribution in [2.45, 2.75) is 16.8 Å². The number of hydrogen-bond donors (Lipinski definition) is 1. The molecule has 1 aliphatic heterocycles. The van der Waals surface area contributed by atoms with E-state index in [0.717, 1.165) is 22.2 Å². The third kappa shape index (κ3) is 3.11. The van der Waals surface area contributed by atoms with Crippen molar-refractivity contribution in [1.29, 1.82) is 0 Å². The fourth-order valence-electron chi connectivity index (χ4n) is 2.73. The summed E-state index contributed by atoms with van der Waals surface area (Å²) in [5, 5.41) is 6.69. The second-order valence-corrected chi connectivity index (χ2v) is 6.86. The summed E-state index contributed by atoms with van der Waals surface area (Å²) < 4.78 is 13.4. The lowest BCUT2D eigenvalue weighted by Crippen LogP contribution is -2.31. The zero-order valence-electron chi connectivity index (χ0n) is 13.4. The van der Waals surface area contributed by atoms with Gasteiger partial charge in [-0.2, -0.15) is 0 Å². The van der Waals surface area contributed by atoms with Crippen molar-refractivity contribution in [3.8, 4) is 11.4 Å². The number of nitrogens with one attached hydrogen (secondary N) is 1. The van der Waals surface area contributed by atoms with Crippen LogP contribution in [0.1, 0.15) is 6.42 Å². The number of imide groups is 1. The van der Waals surface area contributed by atoms with Crippen LogP contribution in [0.25, 0.3) is 11.4 Å². The molecular formula is C18H13FN4O2S. The lowest BCUT2D eigenvalue weighted by Gasteiger charge is -2.14. The largest absolute Gasteiger partial charge is 0.274 e. The average molecular weight is 368 g/mol. The van der Waals surface area contributed by atoms with E-state index in [2.05, 4.69) is 15.2 Å². The summed E-state index contributed by atoms with van der Waals surface area (Å²) in [7, 11) is 0. The van der Waals surface area contributed by atoms with Gasteiger partial charge in [-0.15, -0.1) is 5.10 Å². The number of rotatable bonds is 4. The molecule has 0 radical (unpaired) electrons. The van der Waals surface area contributed by atoms with Gasteiger partial charge in [-0.1, -0.05) is 48.2 Å². The lowest BCUT2D eigenvalue weighted by molar-refractivity contribution is -0.121. The first-order chi connectivity index (χ1) is 12.6. The summed E-state index contributed by atoms with van der Waals surface area (Å²) in [5.41, 5.74) is 1.12. The number of nitrogens with zero attached hydrogens (tertiary/aromatic N) is 3. The number of carbonyl (C=O) groups is 2. The molecule has 0 spiro atoms. The average Bonchev–Trinajstić information content (AvgIpc) is 3.21. The van der Waals surface area contributed by atoms with E-state index >= 15 is 0 Å². The maximum Gasteiger partial charge on any atom is 0.247 e. The van der Waals surface area contributed by atoms with Crippen LogP contribution in [0.15, 0.2) is 59.8 Å². The Balaban J connectivity index is 1.52. The van der Waals surface area contributed by atoms with Crippen LogP contribution in [-0.4, -0.2) is 32.2 Å². The third-order valence-corrected chi connectivity index (χ3v) is 4.98. The molecule has 1 fully saturated rings. The summed E-state index contributed by atoms with van der Waals surface area (Å²) in [6.07, 6.45) is 0.0230. The predicted molar refractivity (Wildman–Crippen MR) is 95.0 cm³/mol. The minimum Gasteiger partial charge on any atom is -0.274 e. The van der Waals surface area contributed by atoms with Gasteiger partial charge in [0.2, 0.25) is 17.0 Å². The number of aromatic amines is 1. The molecule has 1 aromatic heterocycles. The number of carbonyl (C=O) groups excluding carboxylic acids is 2. The van der Waals surface area contributed by atoms with Gasteiger partial charge in [-0.05, 0) is 18.2 Å². The van der Waals surface area contributed by atoms with Crippen LogP contribution in [0.4, 0.5) is 10.1 Å². The van der Waals surface area contributed by atoms with Gasteiger partial charge < -0.3 is 0 Å². The first-order valence-electron chi connectivity index (χ1n) is 7.88. The molecule has 130 valence electrons. The summed E-state index contributed by atoms with van der Waals surface area (Å²) >= 11 is 1.12. The van der Waals surface area contributed by atoms with Crippen molar-refractivity contribution in [2.75, 3.05) is 4.90 Å². The molecule has 2 heterocycles. The van der Waals surface area contributed by atoms with Gasteiger partial charge >= 0.3 is 0 Å². The molecule has 0 aliphatic carbocycles. The molecule has 8 heteroatoms. The number of amides is 2. The van der Waals surface area contributed by atoms with Crippen LogP contribution in [0.5, 0.6) is 0 Å². The number of anilines is 1. The second kappa shape index (κ2) is 6.72. The minimum absolute atomic E-state index is 0.0230. The smallest absolute Gasteiger partial charge is 0.247 e. The highest BCUT2D eigenvalue weighted by Crippen LogP contribution is 2.33. The van der Waals surface area contributed by atoms with E-state index in [-0.39, 0.29) is 18.0 Å². The SMILES string of the molecule is O=C1C[C@H](Sc2n[nH]c(-c3ccccc3)n2)C(=O)N1c1cccc(F)c1. The Labute approximate surface area is 152 Å². The van der Waals surface area contributed by atoms with Gasteiger partial charge in [0.05, 0.1) is 5.69 Å². The number of halogens is 1. The summed E-state index contributed by atoms with van der Waals surface area (Å²) in [5.74, 6) is -0.666. The second-order valence-electron chi connectivity index (χ2n) is 5.69. The van der Waals surface area contributed by atoms with Crippen LogP contribution in [-0.2, 0) is 9.59 Å². The van der Waals surface area contributed by atoms with Crippen molar-refractivity contribution >= 4 is 29.3 Å². The fourth-order valence-corrected chi connectivity index (χ4v) is 3.66. The molecule has 6 nitrogen and oxygen atoms in total. The highest BCUT2D eigenvalue weighted by Gasteiger charge is 2.41. The Hall–Kier alpha value is -3.00. The highest BCUT2D eigenvalue weighted by atomic mass is 32.2. The summed E-state index contributed by atoms with van der Waals surface area (Å²) in [6, 6.07) is 14.9. The molecule has 0 bridgehead atoms. The quantitative estimate of drug-likeness (QED) is 0.716. The highest BCUT2D eigenvalue weighted by molar-refractivity contribution is 8.00. The molecule has 1 aliphatic rings. The Kier molecular flexibility index (Phi) is 4.26. The molecule has 2 aromatic carbocycles. The molecule has 1 N–H and O–H groups in total. The fraction of sp³-hybridized carbons (Fsp3) is 0.111. The van der Waals surface area contributed by atoms with E-state index in [9.17, 15) is 14.0 Å². The molecule has 4 rings (SSSR count). The monoisotopic (exact) mass is 368 g/mol. The van der Waals surface area contributed by atoms with Gasteiger partial charge in [-0.25, -0.2) is 14.3 Å². The predicted octanol–water partition coefficient (Wildman–Crippen LogP) is 3.04. The first kappa shape index (κ1) is 16.5. The molecule has 0 saturated carbocycles. The topological polar surface area (TPSA) is 79.0 Å². The molecule has 2 amide bonds. The van der Waals surface area contributed by atoms with Crippen molar-refractivity contribution in [2.24, 2.45) is 0 Å². The van der Waals surface area contributed by atoms with Gasteiger partial charge in [0.1, 0.15) is 11.1 Å². The van der Waals surface area contributed by atoms with E-state index in [1.807, 2.05) is 30.3 Å². The standard InChI is InChI=1S/C18H13FN4O2S/c19-12-7-4-8-13(9-12)23-15(24)10-14(17(23)25)26-18-20-16(21-22-18)11-5-2-1-3-6-11/h1-9,14H,10H2,(H,20,21,22)/t14-/m0/s1. The van der Waals surface area contributed by atoms with Gasteiger partial charge in [0.25, 0.3) is 0 Å². The zero-order valence-corrected chi connectivity index (χ0v) is 14.2. The van der Waals surface area contributed by atoms with Crippen molar-refractivity contribution in [1.82, 2.24) is 15.2 Å². The van der Waals surface area contributed by atoms with Crippen molar-refractivity contribution in [3.05, 3.63) is 60.4 Å². The maximum absolute atomic E-state index is 13.4. The molecule has 26 heavy (non-hydrogen) atoms. The Morgan fingerprint density at radius 1 is 1.12 bits per heavy atom. The summed E-state index contributed by atoms with van der Waals surface area (Å²) in [4.78, 5) is 30.2. The Bertz CT molecular complexity index is 976. The molecule has 0 unspecified atom stereocenters. The van der Waals surface area contributed by atoms with Crippen molar-refractivity contribution in [3.63, 3.8) is 0 Å². The minimum atomic E-state index is -0.634. The van der Waals surface area contributed by atoms with Crippen LogP contribution in [0.3, 0.4) is 0 Å². The number of benzene rings is 2. The van der Waals surface area contributed by atoms with Crippen LogP contribution in [0, 0.1) is 5.82 Å². The summed E-state index contributed by atoms with van der Waals surface area (Å²) in [6.45, 7) is 0. The molecular weight excluding hydrogens is 355 g/mol. The van der Waals surface area contributed by atoms with E-state index < -0.39 is 17.0 Å². The Morgan fingerprint density at radius 2 is 1.92 bits per heavy atom. The number of aromatic nitrogens is 3. The lowest BCUT2D eigenvalue weighted by atomic mass is 10.2. The van der Waals surface area contributed by atoms with Gasteiger partial charge in [0.15, 0.2) is 5.82 Å². The van der Waals surface area contributed by atoms with Gasteiger partial charge in [0, 0.05) is 12.0 Å². The maximum atomic E-state index is 13.4. The van der Waals surface area contributed by atoms with E-state index in [1.165, 1.54) is 24.3 Å². The van der Waals surface area contributed by atoms with E-state index in [1.54, 1.807) is 0 Å².